The minimum absolute atomic E-state index is 0.0487. The van der Waals surface area contributed by atoms with Crippen LogP contribution < -0.4 is 9.80 Å². The first-order chi connectivity index (χ1) is 13.4. The average molecular weight is 395 g/mol. The molecule has 154 valence electrons. The summed E-state index contributed by atoms with van der Waals surface area (Å²) in [5.74, 6) is -0.806. The molecule has 2 amide bonds. The van der Waals surface area contributed by atoms with Gasteiger partial charge in [0.2, 0.25) is 0 Å². The quantitative estimate of drug-likeness (QED) is 0.780. The molecule has 2 fully saturated rings. The molecule has 0 aliphatic carbocycles. The van der Waals surface area contributed by atoms with Crippen LogP contribution in [0, 0.1) is 5.82 Å². The van der Waals surface area contributed by atoms with Crippen molar-refractivity contribution < 1.29 is 28.6 Å². The van der Waals surface area contributed by atoms with Crippen LogP contribution in [-0.4, -0.2) is 80.7 Å². The van der Waals surface area contributed by atoms with Crippen molar-refractivity contribution in [2.45, 2.75) is 25.6 Å². The van der Waals surface area contributed by atoms with Crippen LogP contribution in [0.3, 0.4) is 0 Å². The lowest BCUT2D eigenvalue weighted by atomic mass is 10.2. The van der Waals surface area contributed by atoms with Crippen LogP contribution in [0.5, 0.6) is 0 Å². The standard InChI is InChI=1S/C19H26FN3O5/c1-3-14-11-23(19(26)28-14)13-4-5-16(15(20)10-13)21-6-8-22(9-7-21)18(25)17(24)12-27-2/h4-5,10,14,17,24H,3,6-9,11-12H2,1-2H3. The molecule has 1 aromatic rings. The first kappa shape index (κ1) is 20.3. The van der Waals surface area contributed by atoms with E-state index in [1.807, 2.05) is 11.8 Å². The van der Waals surface area contributed by atoms with Crippen LogP contribution in [0.25, 0.3) is 0 Å². The zero-order chi connectivity index (χ0) is 20.3. The number of hydrogen-bond acceptors (Lipinski definition) is 6. The van der Waals surface area contributed by atoms with Gasteiger partial charge in [-0.15, -0.1) is 0 Å². The van der Waals surface area contributed by atoms with Gasteiger partial charge in [-0.25, -0.2) is 9.18 Å². The number of anilines is 2. The van der Waals surface area contributed by atoms with Crippen molar-refractivity contribution in [3.05, 3.63) is 24.0 Å². The molecular weight excluding hydrogens is 369 g/mol. The summed E-state index contributed by atoms with van der Waals surface area (Å²) in [5, 5.41) is 9.76. The number of piperazine rings is 1. The van der Waals surface area contributed by atoms with Crippen LogP contribution in [-0.2, 0) is 14.3 Å². The highest BCUT2D eigenvalue weighted by Gasteiger charge is 2.32. The van der Waals surface area contributed by atoms with Crippen molar-refractivity contribution >= 4 is 23.4 Å². The minimum atomic E-state index is -1.18. The number of methoxy groups -OCH3 is 1. The molecule has 0 spiro atoms. The minimum Gasteiger partial charge on any atom is -0.444 e. The van der Waals surface area contributed by atoms with Crippen LogP contribution >= 0.6 is 0 Å². The lowest BCUT2D eigenvalue weighted by molar-refractivity contribution is -0.143. The van der Waals surface area contributed by atoms with Crippen molar-refractivity contribution in [2.75, 3.05) is 56.2 Å². The van der Waals surface area contributed by atoms with E-state index in [-0.39, 0.29) is 18.6 Å². The molecule has 0 bridgehead atoms. The van der Waals surface area contributed by atoms with Gasteiger partial charge >= 0.3 is 6.09 Å². The molecule has 0 aromatic heterocycles. The Kier molecular flexibility index (Phi) is 6.35. The summed E-state index contributed by atoms with van der Waals surface area (Å²) in [5.41, 5.74) is 0.895. The van der Waals surface area contributed by atoms with Gasteiger partial charge in [-0.05, 0) is 24.6 Å². The Bertz CT molecular complexity index is 724. The maximum absolute atomic E-state index is 14.7. The lowest BCUT2D eigenvalue weighted by Gasteiger charge is -2.37. The number of ether oxygens (including phenoxy) is 2. The number of nitrogens with zero attached hydrogens (tertiary/aromatic N) is 3. The zero-order valence-corrected chi connectivity index (χ0v) is 16.1. The largest absolute Gasteiger partial charge is 0.444 e. The van der Waals surface area contributed by atoms with E-state index in [4.69, 9.17) is 9.47 Å². The SMILES string of the molecule is CCC1CN(c2ccc(N3CCN(C(=O)C(O)COC)CC3)c(F)c2)C(=O)O1. The number of aliphatic hydroxyl groups is 1. The molecule has 2 aliphatic rings. The van der Waals surface area contributed by atoms with E-state index in [2.05, 4.69) is 0 Å². The van der Waals surface area contributed by atoms with Gasteiger partial charge in [-0.2, -0.15) is 0 Å². The molecule has 2 atom stereocenters. The predicted octanol–water partition coefficient (Wildman–Crippen LogP) is 1.22. The van der Waals surface area contributed by atoms with Gasteiger partial charge in [-0.3, -0.25) is 9.69 Å². The summed E-state index contributed by atoms with van der Waals surface area (Å²) < 4.78 is 24.7. The van der Waals surface area contributed by atoms with Gasteiger partial charge in [0.1, 0.15) is 11.9 Å². The molecule has 1 aromatic carbocycles. The summed E-state index contributed by atoms with van der Waals surface area (Å²) in [7, 11) is 1.42. The Hall–Kier alpha value is -2.39. The molecule has 0 saturated carbocycles. The molecule has 3 rings (SSSR count). The number of halogens is 1. The summed E-state index contributed by atoms with van der Waals surface area (Å²) in [6.07, 6.45) is -1.10. The summed E-state index contributed by atoms with van der Waals surface area (Å²) >= 11 is 0. The third-order valence-corrected chi connectivity index (χ3v) is 5.11. The highest BCUT2D eigenvalue weighted by molar-refractivity contribution is 5.90. The Labute approximate surface area is 163 Å². The number of cyclic esters (lactones) is 1. The first-order valence-corrected chi connectivity index (χ1v) is 9.43. The second kappa shape index (κ2) is 8.74. The Morgan fingerprint density at radius 1 is 1.36 bits per heavy atom. The highest BCUT2D eigenvalue weighted by Crippen LogP contribution is 2.29. The van der Waals surface area contributed by atoms with Crippen LogP contribution in [0.15, 0.2) is 18.2 Å². The normalized spacial score (nSPS) is 21.1. The summed E-state index contributed by atoms with van der Waals surface area (Å²) in [6, 6.07) is 4.69. The second-order valence-corrected chi connectivity index (χ2v) is 6.94. The van der Waals surface area contributed by atoms with Crippen LogP contribution in [0.4, 0.5) is 20.6 Å². The van der Waals surface area contributed by atoms with Crippen LogP contribution in [0.1, 0.15) is 13.3 Å². The van der Waals surface area contributed by atoms with Crippen molar-refractivity contribution in [1.29, 1.82) is 0 Å². The zero-order valence-electron chi connectivity index (χ0n) is 16.1. The van der Waals surface area contributed by atoms with Gasteiger partial charge in [0.15, 0.2) is 6.10 Å². The number of carbonyl (C=O) groups excluding carboxylic acids is 2. The van der Waals surface area contributed by atoms with Gasteiger partial charge < -0.3 is 24.4 Å². The van der Waals surface area contributed by atoms with E-state index in [9.17, 15) is 19.1 Å². The molecular formula is C19H26FN3O5. The monoisotopic (exact) mass is 395 g/mol. The van der Waals surface area contributed by atoms with Crippen molar-refractivity contribution in [3.8, 4) is 0 Å². The second-order valence-electron chi connectivity index (χ2n) is 6.94. The predicted molar refractivity (Wildman–Crippen MR) is 101 cm³/mol. The molecule has 2 saturated heterocycles. The lowest BCUT2D eigenvalue weighted by Crippen LogP contribution is -2.52. The highest BCUT2D eigenvalue weighted by atomic mass is 19.1. The van der Waals surface area contributed by atoms with Gasteiger partial charge in [-0.1, -0.05) is 6.92 Å². The van der Waals surface area contributed by atoms with E-state index in [0.717, 1.165) is 0 Å². The number of aliphatic hydroxyl groups excluding tert-OH is 1. The van der Waals surface area contributed by atoms with E-state index in [0.29, 0.717) is 50.5 Å². The first-order valence-electron chi connectivity index (χ1n) is 9.43. The van der Waals surface area contributed by atoms with Gasteiger partial charge in [0, 0.05) is 33.3 Å². The molecule has 0 radical (unpaired) electrons. The van der Waals surface area contributed by atoms with Crippen molar-refractivity contribution in [3.63, 3.8) is 0 Å². The third-order valence-electron chi connectivity index (χ3n) is 5.11. The molecule has 1 N–H and O–H groups in total. The summed E-state index contributed by atoms with van der Waals surface area (Å²) in [6.45, 7) is 3.97. The molecule has 2 heterocycles. The number of carbonyl (C=O) groups is 2. The molecule has 9 heteroatoms. The van der Waals surface area contributed by atoms with E-state index in [1.165, 1.54) is 18.1 Å². The fourth-order valence-electron chi connectivity index (χ4n) is 3.47. The number of benzene rings is 1. The van der Waals surface area contributed by atoms with Crippen LogP contribution in [0.2, 0.25) is 0 Å². The number of rotatable bonds is 6. The molecule has 8 nitrogen and oxygen atoms in total. The Balaban J connectivity index is 1.63. The fourth-order valence-corrected chi connectivity index (χ4v) is 3.47. The van der Waals surface area contributed by atoms with Gasteiger partial charge in [0.25, 0.3) is 5.91 Å². The third kappa shape index (κ3) is 4.20. The smallest absolute Gasteiger partial charge is 0.414 e. The van der Waals surface area contributed by atoms with Crippen molar-refractivity contribution in [2.24, 2.45) is 0 Å². The van der Waals surface area contributed by atoms with E-state index < -0.39 is 18.0 Å². The fraction of sp³-hybridized carbons (Fsp3) is 0.579. The molecule has 2 aliphatic heterocycles. The average Bonchev–Trinajstić information content (AvgIpc) is 3.08. The maximum atomic E-state index is 14.7. The molecule has 28 heavy (non-hydrogen) atoms. The Morgan fingerprint density at radius 2 is 2.07 bits per heavy atom. The number of amides is 2. The Morgan fingerprint density at radius 3 is 2.64 bits per heavy atom. The molecule has 2 unspecified atom stereocenters. The summed E-state index contributed by atoms with van der Waals surface area (Å²) in [4.78, 5) is 28.9. The van der Waals surface area contributed by atoms with E-state index >= 15 is 0 Å². The van der Waals surface area contributed by atoms with E-state index in [1.54, 1.807) is 17.0 Å². The van der Waals surface area contributed by atoms with Gasteiger partial charge in [0.05, 0.1) is 24.5 Å². The van der Waals surface area contributed by atoms with Crippen molar-refractivity contribution in [1.82, 2.24) is 4.90 Å². The number of hydrogen-bond donors (Lipinski definition) is 1. The topological polar surface area (TPSA) is 82.5 Å². The maximum Gasteiger partial charge on any atom is 0.414 e.